The molecule has 3 atom stereocenters. The maximum absolute atomic E-state index is 11.0. The zero-order chi connectivity index (χ0) is 14.7. The molecule has 1 aromatic rings. The number of carbonyl (C=O) groups is 1. The van der Waals surface area contributed by atoms with Crippen LogP contribution in [0.2, 0.25) is 0 Å². The van der Waals surface area contributed by atoms with Gasteiger partial charge in [-0.25, -0.2) is 4.79 Å². The van der Waals surface area contributed by atoms with Gasteiger partial charge in [0.05, 0.1) is 12.2 Å². The summed E-state index contributed by atoms with van der Waals surface area (Å²) in [5.41, 5.74) is -1.19. The highest BCUT2D eigenvalue weighted by molar-refractivity contribution is 5.91. The fourth-order valence-corrected chi connectivity index (χ4v) is 1.57. The first-order chi connectivity index (χ1) is 8.81. The molecular formula is C11H14O8. The van der Waals surface area contributed by atoms with Crippen LogP contribution in [0.15, 0.2) is 12.1 Å². The SMILES string of the molecule is O=C(O)c1ccc(O)c(O)c1C(O)C(O)C(O)CO. The van der Waals surface area contributed by atoms with E-state index in [4.69, 9.17) is 10.2 Å². The molecule has 0 heterocycles. The van der Waals surface area contributed by atoms with E-state index in [1.165, 1.54) is 0 Å². The first-order valence-electron chi connectivity index (χ1n) is 5.24. The number of aromatic carboxylic acids is 1. The molecule has 1 rings (SSSR count). The van der Waals surface area contributed by atoms with Crippen LogP contribution < -0.4 is 0 Å². The van der Waals surface area contributed by atoms with Gasteiger partial charge in [-0.15, -0.1) is 0 Å². The smallest absolute Gasteiger partial charge is 0.336 e. The van der Waals surface area contributed by atoms with Gasteiger partial charge in [0.2, 0.25) is 0 Å². The lowest BCUT2D eigenvalue weighted by Gasteiger charge is -2.23. The molecule has 3 unspecified atom stereocenters. The van der Waals surface area contributed by atoms with Crippen LogP contribution in [0, 0.1) is 0 Å². The molecule has 0 radical (unpaired) electrons. The fraction of sp³-hybridized carbons (Fsp3) is 0.364. The van der Waals surface area contributed by atoms with E-state index in [0.717, 1.165) is 12.1 Å². The second-order valence-electron chi connectivity index (χ2n) is 3.89. The Labute approximate surface area is 107 Å². The first-order valence-corrected chi connectivity index (χ1v) is 5.24. The van der Waals surface area contributed by atoms with Gasteiger partial charge in [0.25, 0.3) is 0 Å². The summed E-state index contributed by atoms with van der Waals surface area (Å²) in [7, 11) is 0. The minimum absolute atomic E-state index is 0.549. The van der Waals surface area contributed by atoms with Crippen LogP contribution in [0.4, 0.5) is 0 Å². The number of aliphatic hydroxyl groups is 4. The third-order valence-corrected chi connectivity index (χ3v) is 2.63. The second kappa shape index (κ2) is 5.85. The minimum atomic E-state index is -2.00. The largest absolute Gasteiger partial charge is 0.504 e. The molecule has 0 aliphatic heterocycles. The van der Waals surface area contributed by atoms with Gasteiger partial charge in [0.15, 0.2) is 11.5 Å². The summed E-state index contributed by atoms with van der Waals surface area (Å²) in [5, 5.41) is 64.9. The average Bonchev–Trinajstić information content (AvgIpc) is 2.38. The Balaban J connectivity index is 3.31. The van der Waals surface area contributed by atoms with Gasteiger partial charge < -0.3 is 35.7 Å². The topological polar surface area (TPSA) is 159 Å². The van der Waals surface area contributed by atoms with Crippen molar-refractivity contribution in [2.45, 2.75) is 18.3 Å². The molecule has 0 saturated heterocycles. The summed E-state index contributed by atoms with van der Waals surface area (Å²) in [6.45, 7) is -0.875. The summed E-state index contributed by atoms with van der Waals surface area (Å²) in [5.74, 6) is -3.11. The Hall–Kier alpha value is -1.87. The molecule has 0 aliphatic rings. The molecule has 1 aromatic carbocycles. The number of benzene rings is 1. The zero-order valence-corrected chi connectivity index (χ0v) is 9.63. The maximum Gasteiger partial charge on any atom is 0.336 e. The van der Waals surface area contributed by atoms with Gasteiger partial charge in [-0.1, -0.05) is 0 Å². The van der Waals surface area contributed by atoms with Gasteiger partial charge in [-0.05, 0) is 12.1 Å². The summed E-state index contributed by atoms with van der Waals surface area (Å²) in [6, 6.07) is 1.83. The highest BCUT2D eigenvalue weighted by Gasteiger charge is 2.32. The normalized spacial score (nSPS) is 15.8. The minimum Gasteiger partial charge on any atom is -0.504 e. The number of phenols is 2. The Morgan fingerprint density at radius 2 is 1.74 bits per heavy atom. The molecule has 106 valence electrons. The Bertz CT molecular complexity index is 472. The summed E-state index contributed by atoms with van der Waals surface area (Å²) < 4.78 is 0. The molecule has 7 N–H and O–H groups in total. The number of aromatic hydroxyl groups is 2. The van der Waals surface area contributed by atoms with Gasteiger partial charge in [0, 0.05) is 5.56 Å². The fourth-order valence-electron chi connectivity index (χ4n) is 1.57. The Morgan fingerprint density at radius 1 is 1.16 bits per heavy atom. The van der Waals surface area contributed by atoms with E-state index in [9.17, 15) is 30.3 Å². The van der Waals surface area contributed by atoms with Crippen molar-refractivity contribution in [1.29, 1.82) is 0 Å². The number of hydrogen-bond acceptors (Lipinski definition) is 7. The molecule has 8 heteroatoms. The maximum atomic E-state index is 11.0. The number of aliphatic hydroxyl groups excluding tert-OH is 4. The molecule has 0 aliphatic carbocycles. The van der Waals surface area contributed by atoms with E-state index >= 15 is 0 Å². The zero-order valence-electron chi connectivity index (χ0n) is 9.63. The van der Waals surface area contributed by atoms with Crippen molar-refractivity contribution in [1.82, 2.24) is 0 Å². The van der Waals surface area contributed by atoms with Crippen LogP contribution in [-0.4, -0.2) is 60.5 Å². The third-order valence-electron chi connectivity index (χ3n) is 2.63. The monoisotopic (exact) mass is 274 g/mol. The molecule has 0 spiro atoms. The number of rotatable bonds is 5. The van der Waals surface area contributed by atoms with Crippen LogP contribution in [0.5, 0.6) is 11.5 Å². The molecule has 0 amide bonds. The first kappa shape index (κ1) is 15.2. The molecule has 8 nitrogen and oxygen atoms in total. The van der Waals surface area contributed by atoms with Crippen molar-refractivity contribution in [2.24, 2.45) is 0 Å². The van der Waals surface area contributed by atoms with E-state index in [1.807, 2.05) is 0 Å². The number of phenolic OH excluding ortho intramolecular Hbond substituents is 2. The van der Waals surface area contributed by atoms with Crippen molar-refractivity contribution in [3.8, 4) is 11.5 Å². The lowest BCUT2D eigenvalue weighted by Crippen LogP contribution is -2.35. The summed E-state index contributed by atoms with van der Waals surface area (Å²) in [4.78, 5) is 11.0. The highest BCUT2D eigenvalue weighted by Crippen LogP contribution is 2.37. The van der Waals surface area contributed by atoms with Gasteiger partial charge in [0.1, 0.15) is 18.3 Å². The predicted octanol–water partition coefficient (Wildman–Crippen LogP) is -1.46. The van der Waals surface area contributed by atoms with E-state index in [1.54, 1.807) is 0 Å². The van der Waals surface area contributed by atoms with Crippen molar-refractivity contribution in [3.63, 3.8) is 0 Å². The second-order valence-corrected chi connectivity index (χ2v) is 3.89. The number of carboxylic acids is 1. The third kappa shape index (κ3) is 2.93. The molecule has 19 heavy (non-hydrogen) atoms. The van der Waals surface area contributed by atoms with E-state index in [2.05, 4.69) is 0 Å². The van der Waals surface area contributed by atoms with E-state index in [-0.39, 0.29) is 0 Å². The molecule has 0 aromatic heterocycles. The molecule has 0 bridgehead atoms. The van der Waals surface area contributed by atoms with E-state index in [0.29, 0.717) is 0 Å². The van der Waals surface area contributed by atoms with Crippen LogP contribution in [-0.2, 0) is 0 Å². The summed E-state index contributed by atoms with van der Waals surface area (Å²) in [6.07, 6.45) is -5.67. The van der Waals surface area contributed by atoms with Crippen molar-refractivity contribution in [3.05, 3.63) is 23.3 Å². The lowest BCUT2D eigenvalue weighted by molar-refractivity contribution is -0.0784. The van der Waals surface area contributed by atoms with Crippen molar-refractivity contribution < 1.29 is 40.5 Å². The highest BCUT2D eigenvalue weighted by atomic mass is 16.4. The lowest BCUT2D eigenvalue weighted by atomic mass is 9.94. The standard InChI is InChI=1S/C11H14O8/c12-3-6(14)9(16)10(17)7-4(11(18)19)1-2-5(13)8(7)15/h1-2,6,9-10,12-17H,3H2,(H,18,19). The van der Waals surface area contributed by atoms with Crippen molar-refractivity contribution >= 4 is 5.97 Å². The molecule has 0 saturated carbocycles. The van der Waals surface area contributed by atoms with Crippen LogP contribution in [0.25, 0.3) is 0 Å². The Kier molecular flexibility index (Phi) is 4.67. The van der Waals surface area contributed by atoms with Crippen molar-refractivity contribution in [2.75, 3.05) is 6.61 Å². The molecule has 0 fully saturated rings. The van der Waals surface area contributed by atoms with Crippen LogP contribution in [0.1, 0.15) is 22.0 Å². The van der Waals surface area contributed by atoms with Crippen LogP contribution in [0.3, 0.4) is 0 Å². The average molecular weight is 274 g/mol. The predicted molar refractivity (Wildman–Crippen MR) is 60.8 cm³/mol. The quantitative estimate of drug-likeness (QED) is 0.321. The van der Waals surface area contributed by atoms with E-state index < -0.39 is 53.5 Å². The number of hydrogen-bond donors (Lipinski definition) is 7. The number of carboxylic acid groups (broad SMARTS) is 1. The van der Waals surface area contributed by atoms with Crippen LogP contribution >= 0.6 is 0 Å². The Morgan fingerprint density at radius 3 is 2.21 bits per heavy atom. The van der Waals surface area contributed by atoms with Gasteiger partial charge >= 0.3 is 5.97 Å². The van der Waals surface area contributed by atoms with Gasteiger partial charge in [-0.2, -0.15) is 0 Å². The molecular weight excluding hydrogens is 260 g/mol. The van der Waals surface area contributed by atoms with Gasteiger partial charge in [-0.3, -0.25) is 0 Å². The summed E-state index contributed by atoms with van der Waals surface area (Å²) >= 11 is 0.